The summed E-state index contributed by atoms with van der Waals surface area (Å²) in [4.78, 5) is 20.8. The van der Waals surface area contributed by atoms with E-state index in [1.165, 1.54) is 37.1 Å². The van der Waals surface area contributed by atoms with E-state index in [0.717, 1.165) is 18.8 Å². The third-order valence-electron chi connectivity index (χ3n) is 4.77. The van der Waals surface area contributed by atoms with Crippen molar-refractivity contribution in [2.75, 3.05) is 20.2 Å². The molecule has 0 saturated carbocycles. The highest BCUT2D eigenvalue weighted by molar-refractivity contribution is 6.27. The zero-order valence-corrected chi connectivity index (χ0v) is 16.6. The number of carbonyl (C=O) groups is 2. The van der Waals surface area contributed by atoms with Crippen LogP contribution < -0.4 is 10.1 Å². The van der Waals surface area contributed by atoms with E-state index in [1.54, 1.807) is 7.11 Å². The number of nitrogens with one attached hydrogen (secondary N) is 1. The minimum Gasteiger partial charge on any atom is -0.497 e. The molecule has 3 N–H and O–H groups in total. The number of benzene rings is 2. The third-order valence-corrected chi connectivity index (χ3v) is 4.77. The molecule has 3 rings (SSSR count). The molecule has 1 heterocycles. The SMILES string of the molecule is COc1ccc(CNC2CCN(Cc3ccccc3)CC2)cc1.O=C(O)C(=O)O. The second-order valence-corrected chi connectivity index (χ2v) is 6.88. The molecule has 0 aliphatic carbocycles. The zero-order chi connectivity index (χ0) is 21.1. The molecular formula is C22H28N2O5. The van der Waals surface area contributed by atoms with Gasteiger partial charge in [-0.2, -0.15) is 0 Å². The van der Waals surface area contributed by atoms with Crippen molar-refractivity contribution in [2.24, 2.45) is 0 Å². The summed E-state index contributed by atoms with van der Waals surface area (Å²) in [5, 5.41) is 18.5. The monoisotopic (exact) mass is 400 g/mol. The van der Waals surface area contributed by atoms with Gasteiger partial charge in [-0.25, -0.2) is 9.59 Å². The van der Waals surface area contributed by atoms with Crippen LogP contribution in [-0.4, -0.2) is 53.3 Å². The lowest BCUT2D eigenvalue weighted by atomic mass is 10.0. The van der Waals surface area contributed by atoms with E-state index >= 15 is 0 Å². The van der Waals surface area contributed by atoms with Crippen molar-refractivity contribution >= 4 is 11.9 Å². The maximum Gasteiger partial charge on any atom is 0.414 e. The Bertz CT molecular complexity index is 745. The number of ether oxygens (including phenoxy) is 1. The standard InChI is InChI=1S/C20H26N2O.C2H2O4/c1-23-20-9-7-17(8-10-20)15-21-19-11-13-22(14-12-19)16-18-5-3-2-4-6-18;3-1(4)2(5)6/h2-10,19,21H,11-16H2,1H3;(H,3,4)(H,5,6). The maximum atomic E-state index is 9.10. The highest BCUT2D eigenvalue weighted by atomic mass is 16.5. The first-order chi connectivity index (χ1) is 14.0. The number of carboxylic acids is 2. The number of carboxylic acid groups (broad SMARTS) is 2. The van der Waals surface area contributed by atoms with Crippen molar-refractivity contribution in [3.8, 4) is 5.75 Å². The molecule has 0 bridgehead atoms. The maximum absolute atomic E-state index is 9.10. The highest BCUT2D eigenvalue weighted by Gasteiger charge is 2.18. The van der Waals surface area contributed by atoms with E-state index in [0.29, 0.717) is 6.04 Å². The molecule has 0 unspecified atom stereocenters. The highest BCUT2D eigenvalue weighted by Crippen LogP contribution is 2.15. The van der Waals surface area contributed by atoms with Gasteiger partial charge in [0, 0.05) is 19.1 Å². The summed E-state index contributed by atoms with van der Waals surface area (Å²) < 4.78 is 5.20. The summed E-state index contributed by atoms with van der Waals surface area (Å²) in [5.41, 5.74) is 2.73. The average molecular weight is 400 g/mol. The number of aliphatic carboxylic acids is 2. The molecule has 1 saturated heterocycles. The van der Waals surface area contributed by atoms with E-state index in [1.807, 2.05) is 12.1 Å². The van der Waals surface area contributed by atoms with E-state index < -0.39 is 11.9 Å². The molecule has 29 heavy (non-hydrogen) atoms. The van der Waals surface area contributed by atoms with Crippen LogP contribution in [0.3, 0.4) is 0 Å². The molecule has 0 spiro atoms. The second-order valence-electron chi connectivity index (χ2n) is 6.88. The third kappa shape index (κ3) is 8.33. The molecule has 1 aliphatic heterocycles. The Labute approximate surface area is 170 Å². The Morgan fingerprint density at radius 2 is 1.55 bits per heavy atom. The van der Waals surface area contributed by atoms with Gasteiger partial charge in [-0.1, -0.05) is 42.5 Å². The van der Waals surface area contributed by atoms with Gasteiger partial charge in [0.2, 0.25) is 0 Å². The van der Waals surface area contributed by atoms with Crippen LogP contribution in [0.15, 0.2) is 54.6 Å². The van der Waals surface area contributed by atoms with Gasteiger partial charge in [0.1, 0.15) is 5.75 Å². The molecule has 2 aromatic rings. The molecule has 7 heteroatoms. The molecule has 0 radical (unpaired) electrons. The van der Waals surface area contributed by atoms with Crippen LogP contribution in [0.1, 0.15) is 24.0 Å². The Kier molecular flexibility index (Phi) is 9.14. The summed E-state index contributed by atoms with van der Waals surface area (Å²) in [6.45, 7) is 4.36. The average Bonchev–Trinajstić information content (AvgIpc) is 2.75. The van der Waals surface area contributed by atoms with E-state index in [4.69, 9.17) is 24.5 Å². The second kappa shape index (κ2) is 11.8. The van der Waals surface area contributed by atoms with Gasteiger partial charge in [0.05, 0.1) is 7.11 Å². The molecule has 1 fully saturated rings. The lowest BCUT2D eigenvalue weighted by molar-refractivity contribution is -0.159. The first kappa shape index (κ1) is 22.4. The lowest BCUT2D eigenvalue weighted by Gasteiger charge is -2.32. The summed E-state index contributed by atoms with van der Waals surface area (Å²) in [6, 6.07) is 19.7. The molecule has 156 valence electrons. The van der Waals surface area contributed by atoms with Crippen LogP contribution in [-0.2, 0) is 22.7 Å². The number of likely N-dealkylation sites (tertiary alicyclic amines) is 1. The summed E-state index contributed by atoms with van der Waals surface area (Å²) >= 11 is 0. The summed E-state index contributed by atoms with van der Waals surface area (Å²) in [6.07, 6.45) is 2.45. The summed E-state index contributed by atoms with van der Waals surface area (Å²) in [7, 11) is 1.70. The Morgan fingerprint density at radius 3 is 2.07 bits per heavy atom. The zero-order valence-electron chi connectivity index (χ0n) is 16.6. The predicted octanol–water partition coefficient (Wildman–Crippen LogP) is 2.60. The van der Waals surface area contributed by atoms with Crippen molar-refractivity contribution in [3.05, 3.63) is 65.7 Å². The van der Waals surface area contributed by atoms with Crippen molar-refractivity contribution < 1.29 is 24.5 Å². The van der Waals surface area contributed by atoms with Gasteiger partial charge in [-0.05, 0) is 49.2 Å². The van der Waals surface area contributed by atoms with Crippen LogP contribution in [0.4, 0.5) is 0 Å². The van der Waals surface area contributed by atoms with Gasteiger partial charge < -0.3 is 20.3 Å². The van der Waals surface area contributed by atoms with Crippen molar-refractivity contribution in [1.82, 2.24) is 10.2 Å². The fourth-order valence-electron chi connectivity index (χ4n) is 3.14. The summed E-state index contributed by atoms with van der Waals surface area (Å²) in [5.74, 6) is -2.73. The van der Waals surface area contributed by atoms with Crippen molar-refractivity contribution in [2.45, 2.75) is 32.0 Å². The molecule has 0 amide bonds. The minimum atomic E-state index is -1.82. The van der Waals surface area contributed by atoms with E-state index in [-0.39, 0.29) is 0 Å². The molecule has 7 nitrogen and oxygen atoms in total. The number of hydrogen-bond acceptors (Lipinski definition) is 5. The number of nitrogens with zero attached hydrogens (tertiary/aromatic N) is 1. The molecular weight excluding hydrogens is 372 g/mol. The van der Waals surface area contributed by atoms with Crippen LogP contribution in [0.5, 0.6) is 5.75 Å². The minimum absolute atomic E-state index is 0.629. The van der Waals surface area contributed by atoms with Crippen LogP contribution in [0.25, 0.3) is 0 Å². The normalized spacial score (nSPS) is 14.5. The lowest BCUT2D eigenvalue weighted by Crippen LogP contribution is -2.41. The van der Waals surface area contributed by atoms with Crippen LogP contribution >= 0.6 is 0 Å². The fraction of sp³-hybridized carbons (Fsp3) is 0.364. The molecule has 1 aliphatic rings. The van der Waals surface area contributed by atoms with Gasteiger partial charge >= 0.3 is 11.9 Å². The Balaban J connectivity index is 0.000000438. The molecule has 0 aromatic heterocycles. The number of methoxy groups -OCH3 is 1. The van der Waals surface area contributed by atoms with Crippen molar-refractivity contribution in [3.63, 3.8) is 0 Å². The smallest absolute Gasteiger partial charge is 0.414 e. The first-order valence-electron chi connectivity index (χ1n) is 9.56. The van der Waals surface area contributed by atoms with Crippen LogP contribution in [0.2, 0.25) is 0 Å². The molecule has 2 aromatic carbocycles. The van der Waals surface area contributed by atoms with Gasteiger partial charge in [0.15, 0.2) is 0 Å². The number of piperidine rings is 1. The quantitative estimate of drug-likeness (QED) is 0.641. The van der Waals surface area contributed by atoms with Gasteiger partial charge in [-0.3, -0.25) is 4.90 Å². The van der Waals surface area contributed by atoms with Crippen LogP contribution in [0, 0.1) is 0 Å². The largest absolute Gasteiger partial charge is 0.497 e. The van der Waals surface area contributed by atoms with E-state index in [2.05, 4.69) is 52.7 Å². The predicted molar refractivity (Wildman–Crippen MR) is 110 cm³/mol. The van der Waals surface area contributed by atoms with Crippen molar-refractivity contribution in [1.29, 1.82) is 0 Å². The Hall–Kier alpha value is -2.90. The van der Waals surface area contributed by atoms with Gasteiger partial charge in [0.25, 0.3) is 0 Å². The molecule has 0 atom stereocenters. The fourth-order valence-corrected chi connectivity index (χ4v) is 3.14. The number of hydrogen-bond donors (Lipinski definition) is 3. The van der Waals surface area contributed by atoms with Gasteiger partial charge in [-0.15, -0.1) is 0 Å². The number of rotatable bonds is 6. The topological polar surface area (TPSA) is 99.1 Å². The first-order valence-corrected chi connectivity index (χ1v) is 9.56. The van der Waals surface area contributed by atoms with E-state index in [9.17, 15) is 0 Å². The Morgan fingerprint density at radius 1 is 0.966 bits per heavy atom.